The zero-order valence-corrected chi connectivity index (χ0v) is 12.2. The Morgan fingerprint density at radius 2 is 2.15 bits per heavy atom. The van der Waals surface area contributed by atoms with Crippen LogP contribution in [-0.4, -0.2) is 38.1 Å². The molecule has 0 bridgehead atoms. The molecule has 20 heavy (non-hydrogen) atoms. The minimum absolute atomic E-state index is 0.266. The Morgan fingerprint density at radius 1 is 1.45 bits per heavy atom. The third-order valence-electron chi connectivity index (χ3n) is 2.60. The molecule has 1 atom stereocenters. The Kier molecular flexibility index (Phi) is 6.27. The standard InChI is InChI=1S/C13H18ClN3O3/c1-8(12(18)16-5-6-20-2)17-13(19)10-4-3-9(14)7-11(10)15/h3-4,7-8H,5-6,15H2,1-2H3,(H,16,18)(H,17,19). The number of methoxy groups -OCH3 is 1. The summed E-state index contributed by atoms with van der Waals surface area (Å²) in [5.41, 5.74) is 6.26. The van der Waals surface area contributed by atoms with Crippen LogP contribution in [0.5, 0.6) is 0 Å². The van der Waals surface area contributed by atoms with Gasteiger partial charge in [0.05, 0.1) is 12.2 Å². The molecular weight excluding hydrogens is 282 g/mol. The second-order valence-corrected chi connectivity index (χ2v) is 4.65. The predicted molar refractivity (Wildman–Crippen MR) is 77.7 cm³/mol. The number of hydrogen-bond acceptors (Lipinski definition) is 4. The number of nitrogen functional groups attached to an aromatic ring is 1. The van der Waals surface area contributed by atoms with Crippen LogP contribution in [0, 0.1) is 0 Å². The third kappa shape index (κ3) is 4.71. The van der Waals surface area contributed by atoms with Gasteiger partial charge in [-0.25, -0.2) is 0 Å². The van der Waals surface area contributed by atoms with E-state index in [4.69, 9.17) is 22.1 Å². The van der Waals surface area contributed by atoms with Crippen molar-refractivity contribution >= 4 is 29.1 Å². The molecule has 1 aromatic carbocycles. The molecule has 4 N–H and O–H groups in total. The topological polar surface area (TPSA) is 93.5 Å². The van der Waals surface area contributed by atoms with Crippen LogP contribution in [0.15, 0.2) is 18.2 Å². The minimum atomic E-state index is -0.672. The summed E-state index contributed by atoms with van der Waals surface area (Å²) in [6.07, 6.45) is 0. The van der Waals surface area contributed by atoms with Crippen LogP contribution in [0.2, 0.25) is 5.02 Å². The summed E-state index contributed by atoms with van der Waals surface area (Å²) in [5, 5.41) is 5.65. The van der Waals surface area contributed by atoms with Gasteiger partial charge in [0.25, 0.3) is 5.91 Å². The fourth-order valence-corrected chi connectivity index (χ4v) is 1.69. The van der Waals surface area contributed by atoms with Crippen molar-refractivity contribution in [2.45, 2.75) is 13.0 Å². The first-order valence-electron chi connectivity index (χ1n) is 6.08. The van der Waals surface area contributed by atoms with E-state index < -0.39 is 11.9 Å². The van der Waals surface area contributed by atoms with Gasteiger partial charge >= 0.3 is 0 Å². The first-order valence-corrected chi connectivity index (χ1v) is 6.46. The van der Waals surface area contributed by atoms with Gasteiger partial charge in [-0.15, -0.1) is 0 Å². The van der Waals surface area contributed by atoms with E-state index in [1.165, 1.54) is 12.1 Å². The van der Waals surface area contributed by atoms with Crippen molar-refractivity contribution in [2.75, 3.05) is 26.0 Å². The largest absolute Gasteiger partial charge is 0.398 e. The summed E-state index contributed by atoms with van der Waals surface area (Å²) in [5.74, 6) is -0.712. The van der Waals surface area contributed by atoms with Gasteiger partial charge in [0.15, 0.2) is 0 Å². The van der Waals surface area contributed by atoms with Crippen LogP contribution in [0.1, 0.15) is 17.3 Å². The maximum atomic E-state index is 12.0. The monoisotopic (exact) mass is 299 g/mol. The lowest BCUT2D eigenvalue weighted by atomic mass is 10.1. The third-order valence-corrected chi connectivity index (χ3v) is 2.84. The fraction of sp³-hybridized carbons (Fsp3) is 0.385. The molecule has 1 aromatic rings. The maximum Gasteiger partial charge on any atom is 0.254 e. The number of nitrogens with one attached hydrogen (secondary N) is 2. The first kappa shape index (κ1) is 16.3. The van der Waals surface area contributed by atoms with E-state index in [0.717, 1.165) is 0 Å². The van der Waals surface area contributed by atoms with Gasteiger partial charge in [0.1, 0.15) is 6.04 Å². The summed E-state index contributed by atoms with van der Waals surface area (Å²) >= 11 is 5.76. The molecule has 1 unspecified atom stereocenters. The smallest absolute Gasteiger partial charge is 0.254 e. The molecular formula is C13H18ClN3O3. The number of benzene rings is 1. The number of nitrogens with two attached hydrogens (primary N) is 1. The van der Waals surface area contributed by atoms with Crippen molar-refractivity contribution in [3.63, 3.8) is 0 Å². The Morgan fingerprint density at radius 3 is 2.75 bits per heavy atom. The summed E-state index contributed by atoms with van der Waals surface area (Å²) in [6, 6.07) is 3.90. The molecule has 0 fully saturated rings. The average Bonchev–Trinajstić information content (AvgIpc) is 2.38. The van der Waals surface area contributed by atoms with E-state index in [2.05, 4.69) is 10.6 Å². The molecule has 7 heteroatoms. The summed E-state index contributed by atoms with van der Waals surface area (Å²) in [4.78, 5) is 23.7. The highest BCUT2D eigenvalue weighted by atomic mass is 35.5. The second kappa shape index (κ2) is 7.72. The fourth-order valence-electron chi connectivity index (χ4n) is 1.51. The van der Waals surface area contributed by atoms with E-state index in [1.807, 2.05) is 0 Å². The Hall–Kier alpha value is -1.79. The zero-order chi connectivity index (χ0) is 15.1. The number of halogens is 1. The summed E-state index contributed by atoms with van der Waals surface area (Å²) < 4.78 is 4.82. The molecule has 0 radical (unpaired) electrons. The SMILES string of the molecule is COCCNC(=O)C(C)NC(=O)c1ccc(Cl)cc1N. The van der Waals surface area contributed by atoms with E-state index in [-0.39, 0.29) is 17.2 Å². The number of hydrogen-bond donors (Lipinski definition) is 3. The quantitative estimate of drug-likeness (QED) is 0.535. The Balaban J connectivity index is 2.58. The molecule has 0 aliphatic heterocycles. The molecule has 0 aromatic heterocycles. The number of rotatable bonds is 6. The number of carbonyl (C=O) groups is 2. The van der Waals surface area contributed by atoms with Gasteiger partial charge < -0.3 is 21.1 Å². The highest BCUT2D eigenvalue weighted by Gasteiger charge is 2.17. The van der Waals surface area contributed by atoms with Crippen molar-refractivity contribution in [3.8, 4) is 0 Å². The number of amides is 2. The van der Waals surface area contributed by atoms with Gasteiger partial charge in [-0.05, 0) is 25.1 Å². The lowest BCUT2D eigenvalue weighted by Crippen LogP contribution is -2.45. The van der Waals surface area contributed by atoms with Crippen LogP contribution in [0.3, 0.4) is 0 Å². The van der Waals surface area contributed by atoms with Crippen LogP contribution in [0.4, 0.5) is 5.69 Å². The molecule has 6 nitrogen and oxygen atoms in total. The molecule has 2 amide bonds. The van der Waals surface area contributed by atoms with Crippen molar-refractivity contribution in [1.29, 1.82) is 0 Å². The summed E-state index contributed by atoms with van der Waals surface area (Å²) in [7, 11) is 1.54. The molecule has 0 heterocycles. The minimum Gasteiger partial charge on any atom is -0.398 e. The Labute approximate surface area is 122 Å². The van der Waals surface area contributed by atoms with Gasteiger partial charge in [-0.2, -0.15) is 0 Å². The predicted octanol–water partition coefficient (Wildman–Crippen LogP) is 0.803. The average molecular weight is 300 g/mol. The molecule has 0 saturated heterocycles. The molecule has 0 spiro atoms. The van der Waals surface area contributed by atoms with Gasteiger partial charge in [-0.3, -0.25) is 9.59 Å². The number of carbonyl (C=O) groups excluding carboxylic acids is 2. The number of ether oxygens (including phenoxy) is 1. The maximum absolute atomic E-state index is 12.0. The lowest BCUT2D eigenvalue weighted by Gasteiger charge is -2.14. The van der Waals surface area contributed by atoms with Crippen molar-refractivity contribution in [3.05, 3.63) is 28.8 Å². The van der Waals surface area contributed by atoms with E-state index in [0.29, 0.717) is 18.2 Å². The van der Waals surface area contributed by atoms with E-state index in [1.54, 1.807) is 20.1 Å². The van der Waals surface area contributed by atoms with Crippen LogP contribution in [-0.2, 0) is 9.53 Å². The Bertz CT molecular complexity index is 494. The van der Waals surface area contributed by atoms with Crippen molar-refractivity contribution < 1.29 is 14.3 Å². The number of anilines is 1. The van der Waals surface area contributed by atoms with Gasteiger partial charge in [-0.1, -0.05) is 11.6 Å². The van der Waals surface area contributed by atoms with E-state index >= 15 is 0 Å². The van der Waals surface area contributed by atoms with Crippen LogP contribution in [0.25, 0.3) is 0 Å². The van der Waals surface area contributed by atoms with Gasteiger partial charge in [0.2, 0.25) is 5.91 Å². The van der Waals surface area contributed by atoms with Crippen LogP contribution >= 0.6 is 11.6 Å². The zero-order valence-electron chi connectivity index (χ0n) is 11.4. The first-order chi connectivity index (χ1) is 9.45. The normalized spacial score (nSPS) is 11.8. The highest BCUT2D eigenvalue weighted by molar-refractivity contribution is 6.31. The molecule has 0 aliphatic rings. The second-order valence-electron chi connectivity index (χ2n) is 4.21. The summed E-state index contributed by atoms with van der Waals surface area (Å²) in [6.45, 7) is 2.39. The van der Waals surface area contributed by atoms with Crippen molar-refractivity contribution in [1.82, 2.24) is 10.6 Å². The molecule has 1 rings (SSSR count). The molecule has 110 valence electrons. The van der Waals surface area contributed by atoms with Crippen molar-refractivity contribution in [2.24, 2.45) is 0 Å². The molecule has 0 saturated carbocycles. The van der Waals surface area contributed by atoms with E-state index in [9.17, 15) is 9.59 Å². The van der Waals surface area contributed by atoms with Crippen LogP contribution < -0.4 is 16.4 Å². The highest BCUT2D eigenvalue weighted by Crippen LogP contribution is 2.17. The lowest BCUT2D eigenvalue weighted by molar-refractivity contribution is -0.122. The van der Waals surface area contributed by atoms with Gasteiger partial charge in [0, 0.05) is 24.4 Å². The molecule has 0 aliphatic carbocycles.